The second-order valence-electron chi connectivity index (χ2n) is 4.72. The fraction of sp³-hybridized carbons (Fsp3) is 0.357. The third-order valence-electron chi connectivity index (χ3n) is 3.10. The molecule has 2 rings (SSSR count). The average Bonchev–Trinajstić information content (AvgIpc) is 2.82. The van der Waals surface area contributed by atoms with Crippen molar-refractivity contribution in [2.24, 2.45) is 0 Å². The second-order valence-corrected chi connectivity index (χ2v) is 4.72. The Bertz CT molecular complexity index is 594. The number of hydrogen-bond donors (Lipinski definition) is 1. The summed E-state index contributed by atoms with van der Waals surface area (Å²) in [6, 6.07) is 5.06. The van der Waals surface area contributed by atoms with Crippen LogP contribution in [0.2, 0.25) is 0 Å². The van der Waals surface area contributed by atoms with Gasteiger partial charge < -0.3 is 9.67 Å². The van der Waals surface area contributed by atoms with Crippen LogP contribution in [-0.4, -0.2) is 44.1 Å². The monoisotopic (exact) mass is 274 g/mol. The first-order valence-electron chi connectivity index (χ1n) is 6.42. The highest BCUT2D eigenvalue weighted by molar-refractivity contribution is 5.85. The molecule has 20 heavy (non-hydrogen) atoms. The molecule has 1 N–H and O–H groups in total. The zero-order valence-corrected chi connectivity index (χ0v) is 11.7. The molecular formula is C14H18N4O2. The van der Waals surface area contributed by atoms with Gasteiger partial charge in [-0.15, -0.1) is 0 Å². The Hall–Kier alpha value is -2.21. The maximum atomic E-state index is 10.9. The van der Waals surface area contributed by atoms with Crippen molar-refractivity contribution in [1.29, 1.82) is 0 Å². The van der Waals surface area contributed by atoms with Crippen LogP contribution in [0.1, 0.15) is 22.0 Å². The van der Waals surface area contributed by atoms with E-state index in [2.05, 4.69) is 19.4 Å². The molecule has 0 unspecified atom stereocenters. The molecule has 0 atom stereocenters. The third-order valence-corrected chi connectivity index (χ3v) is 3.10. The predicted octanol–water partition coefficient (Wildman–Crippen LogP) is 1.42. The standard InChI is InChI=1S/C14H18N4O2/c1-11-15-6-7-18(11)9-8-17(2)10-12-4-3-5-13(16-12)14(19)20/h3-7H,8-10H2,1-2H3,(H,19,20). The molecule has 0 aliphatic heterocycles. The van der Waals surface area contributed by atoms with Crippen molar-refractivity contribution in [1.82, 2.24) is 19.4 Å². The predicted molar refractivity (Wildman–Crippen MR) is 74.5 cm³/mol. The van der Waals surface area contributed by atoms with E-state index in [-0.39, 0.29) is 5.69 Å². The number of carboxylic acid groups (broad SMARTS) is 1. The summed E-state index contributed by atoms with van der Waals surface area (Å²) in [6.45, 7) is 4.28. The topological polar surface area (TPSA) is 71.2 Å². The van der Waals surface area contributed by atoms with Crippen molar-refractivity contribution in [3.8, 4) is 0 Å². The van der Waals surface area contributed by atoms with E-state index < -0.39 is 5.97 Å². The van der Waals surface area contributed by atoms with Crippen LogP contribution < -0.4 is 0 Å². The maximum absolute atomic E-state index is 10.9. The summed E-state index contributed by atoms with van der Waals surface area (Å²) < 4.78 is 2.08. The number of aromatic nitrogens is 3. The molecule has 2 heterocycles. The Labute approximate surface area is 117 Å². The highest BCUT2D eigenvalue weighted by atomic mass is 16.4. The Morgan fingerprint density at radius 1 is 1.45 bits per heavy atom. The lowest BCUT2D eigenvalue weighted by atomic mass is 10.3. The average molecular weight is 274 g/mol. The van der Waals surface area contributed by atoms with Crippen LogP contribution in [0.3, 0.4) is 0 Å². The normalized spacial score (nSPS) is 10.9. The van der Waals surface area contributed by atoms with E-state index in [4.69, 9.17) is 5.11 Å². The molecule has 0 bridgehead atoms. The molecule has 0 fully saturated rings. The van der Waals surface area contributed by atoms with E-state index in [1.54, 1.807) is 12.3 Å². The van der Waals surface area contributed by atoms with Crippen LogP contribution in [0.25, 0.3) is 0 Å². The molecule has 6 heteroatoms. The SMILES string of the molecule is Cc1nccn1CCN(C)Cc1cccc(C(=O)O)n1. The molecule has 0 amide bonds. The van der Waals surface area contributed by atoms with Crippen LogP contribution in [0, 0.1) is 6.92 Å². The second kappa shape index (κ2) is 6.29. The van der Waals surface area contributed by atoms with Crippen LogP contribution in [0.5, 0.6) is 0 Å². The van der Waals surface area contributed by atoms with Gasteiger partial charge in [-0.05, 0) is 26.1 Å². The van der Waals surface area contributed by atoms with E-state index in [1.807, 2.05) is 26.2 Å². The van der Waals surface area contributed by atoms with Crippen molar-refractivity contribution in [3.63, 3.8) is 0 Å². The number of rotatable bonds is 6. The molecule has 106 valence electrons. The number of hydrogen-bond acceptors (Lipinski definition) is 4. The minimum Gasteiger partial charge on any atom is -0.477 e. The van der Waals surface area contributed by atoms with Gasteiger partial charge in [0.25, 0.3) is 0 Å². The van der Waals surface area contributed by atoms with Gasteiger partial charge in [-0.25, -0.2) is 14.8 Å². The van der Waals surface area contributed by atoms with Gasteiger partial charge in [0.2, 0.25) is 0 Å². The first-order chi connectivity index (χ1) is 9.56. The maximum Gasteiger partial charge on any atom is 0.354 e. The molecule has 0 aromatic carbocycles. The first kappa shape index (κ1) is 14.2. The first-order valence-corrected chi connectivity index (χ1v) is 6.42. The quantitative estimate of drug-likeness (QED) is 0.862. The largest absolute Gasteiger partial charge is 0.477 e. The molecule has 2 aromatic rings. The van der Waals surface area contributed by atoms with Crippen molar-refractivity contribution < 1.29 is 9.90 Å². The van der Waals surface area contributed by atoms with E-state index in [0.717, 1.165) is 24.6 Å². The fourth-order valence-electron chi connectivity index (χ4n) is 1.96. The number of pyridine rings is 1. The summed E-state index contributed by atoms with van der Waals surface area (Å²) in [4.78, 5) is 21.3. The number of aryl methyl sites for hydroxylation is 1. The third kappa shape index (κ3) is 3.64. The molecule has 0 aliphatic carbocycles. The molecule has 0 spiro atoms. The van der Waals surface area contributed by atoms with E-state index in [1.165, 1.54) is 6.07 Å². The Kier molecular flexibility index (Phi) is 4.47. The summed E-state index contributed by atoms with van der Waals surface area (Å²) in [7, 11) is 1.99. The van der Waals surface area contributed by atoms with Gasteiger partial charge in [-0.2, -0.15) is 0 Å². The van der Waals surface area contributed by atoms with Crippen LogP contribution in [0.4, 0.5) is 0 Å². The van der Waals surface area contributed by atoms with Crippen molar-refractivity contribution in [3.05, 3.63) is 47.8 Å². The van der Waals surface area contributed by atoms with E-state index >= 15 is 0 Å². The van der Waals surface area contributed by atoms with Gasteiger partial charge in [0.05, 0.1) is 5.69 Å². The molecule has 0 radical (unpaired) electrons. The van der Waals surface area contributed by atoms with Crippen LogP contribution in [0.15, 0.2) is 30.6 Å². The molecular weight excluding hydrogens is 256 g/mol. The zero-order chi connectivity index (χ0) is 14.5. The summed E-state index contributed by atoms with van der Waals surface area (Å²) in [6.07, 6.45) is 3.74. The summed E-state index contributed by atoms with van der Waals surface area (Å²) in [5, 5.41) is 8.92. The van der Waals surface area contributed by atoms with Gasteiger partial charge in [0, 0.05) is 32.0 Å². The van der Waals surface area contributed by atoms with Crippen molar-refractivity contribution >= 4 is 5.97 Å². The molecule has 2 aromatic heterocycles. The van der Waals surface area contributed by atoms with Gasteiger partial charge >= 0.3 is 5.97 Å². The molecule has 0 aliphatic rings. The van der Waals surface area contributed by atoms with Crippen molar-refractivity contribution in [2.75, 3.05) is 13.6 Å². The number of nitrogens with zero attached hydrogens (tertiary/aromatic N) is 4. The lowest BCUT2D eigenvalue weighted by molar-refractivity contribution is 0.0690. The smallest absolute Gasteiger partial charge is 0.354 e. The minimum absolute atomic E-state index is 0.0846. The van der Waals surface area contributed by atoms with Gasteiger partial charge in [-0.1, -0.05) is 6.07 Å². The Balaban J connectivity index is 1.91. The van der Waals surface area contributed by atoms with Gasteiger partial charge in [-0.3, -0.25) is 4.90 Å². The van der Waals surface area contributed by atoms with E-state index in [0.29, 0.717) is 6.54 Å². The molecule has 6 nitrogen and oxygen atoms in total. The zero-order valence-electron chi connectivity index (χ0n) is 11.7. The lowest BCUT2D eigenvalue weighted by Crippen LogP contribution is -2.23. The van der Waals surface area contributed by atoms with Crippen LogP contribution >= 0.6 is 0 Å². The Morgan fingerprint density at radius 2 is 2.25 bits per heavy atom. The van der Waals surface area contributed by atoms with Crippen LogP contribution in [-0.2, 0) is 13.1 Å². The molecule has 0 saturated carbocycles. The Morgan fingerprint density at radius 3 is 2.90 bits per heavy atom. The number of carboxylic acids is 1. The molecule has 0 saturated heterocycles. The lowest BCUT2D eigenvalue weighted by Gasteiger charge is -2.17. The highest BCUT2D eigenvalue weighted by Gasteiger charge is 2.07. The minimum atomic E-state index is -0.997. The summed E-state index contributed by atoms with van der Waals surface area (Å²) in [5.74, 6) is -0.00653. The van der Waals surface area contributed by atoms with Crippen molar-refractivity contribution in [2.45, 2.75) is 20.0 Å². The number of imidazole rings is 1. The summed E-state index contributed by atoms with van der Waals surface area (Å²) >= 11 is 0. The fourth-order valence-corrected chi connectivity index (χ4v) is 1.96. The number of carbonyl (C=O) groups is 1. The van der Waals surface area contributed by atoms with Gasteiger partial charge in [0.1, 0.15) is 11.5 Å². The number of aromatic carboxylic acids is 1. The highest BCUT2D eigenvalue weighted by Crippen LogP contribution is 2.04. The summed E-state index contributed by atoms with van der Waals surface area (Å²) in [5.41, 5.74) is 0.844. The number of likely N-dealkylation sites (N-methyl/N-ethyl adjacent to an activating group) is 1. The van der Waals surface area contributed by atoms with Gasteiger partial charge in [0.15, 0.2) is 0 Å². The van der Waals surface area contributed by atoms with E-state index in [9.17, 15) is 4.79 Å².